The Bertz CT molecular complexity index is 1180. The number of nitrogens with zero attached hydrogens (tertiary/aromatic N) is 2. The Morgan fingerprint density at radius 2 is 1.62 bits per heavy atom. The molecule has 9 nitrogen and oxygen atoms in total. The van der Waals surface area contributed by atoms with Crippen molar-refractivity contribution < 1.29 is 32.3 Å². The lowest BCUT2D eigenvalue weighted by atomic mass is 9.99. The molecule has 0 saturated carbocycles. The van der Waals surface area contributed by atoms with Crippen molar-refractivity contribution in [3.63, 3.8) is 0 Å². The standard InChI is InChI=1S/C25H29F3N4O5/c1-16(2)22(23(35)25(26,27)28)30-21(34)15-32-19(17-6-4-3-5-7-17)9-8-18(24(32)36)29-20(33)14-31-10-12-37-13-11-31/h3-9,16,22H,10-15H2,1-2H3,(H,29,33)(H,30,34). The minimum Gasteiger partial charge on any atom is -0.379 e. The van der Waals surface area contributed by atoms with Crippen LogP contribution in [0.15, 0.2) is 47.3 Å². The second-order valence-electron chi connectivity index (χ2n) is 8.98. The van der Waals surface area contributed by atoms with Gasteiger partial charge < -0.3 is 15.4 Å². The molecule has 2 aromatic rings. The van der Waals surface area contributed by atoms with Crippen molar-refractivity contribution in [2.45, 2.75) is 32.6 Å². The third kappa shape index (κ3) is 7.49. The van der Waals surface area contributed by atoms with E-state index in [0.717, 1.165) is 4.57 Å². The molecule has 0 radical (unpaired) electrons. The van der Waals surface area contributed by atoms with E-state index in [1.165, 1.54) is 26.0 Å². The number of pyridine rings is 1. The van der Waals surface area contributed by atoms with Crippen LogP contribution in [0.4, 0.5) is 18.9 Å². The van der Waals surface area contributed by atoms with Crippen LogP contribution in [-0.2, 0) is 25.7 Å². The average molecular weight is 523 g/mol. The van der Waals surface area contributed by atoms with Crippen LogP contribution < -0.4 is 16.2 Å². The normalized spacial score (nSPS) is 15.3. The molecule has 1 aliphatic heterocycles. The van der Waals surface area contributed by atoms with Gasteiger partial charge in [0.1, 0.15) is 12.2 Å². The highest BCUT2D eigenvalue weighted by atomic mass is 19.4. The number of rotatable bonds is 9. The van der Waals surface area contributed by atoms with Gasteiger partial charge in [0.15, 0.2) is 0 Å². The molecule has 2 N–H and O–H groups in total. The molecule has 2 amide bonds. The van der Waals surface area contributed by atoms with Crippen LogP contribution in [0.5, 0.6) is 0 Å². The van der Waals surface area contributed by atoms with Gasteiger partial charge in [0.25, 0.3) is 11.3 Å². The van der Waals surface area contributed by atoms with E-state index in [-0.39, 0.29) is 12.2 Å². The Morgan fingerprint density at radius 1 is 0.973 bits per heavy atom. The number of aromatic nitrogens is 1. The van der Waals surface area contributed by atoms with E-state index < -0.39 is 47.8 Å². The first-order valence-electron chi connectivity index (χ1n) is 11.8. The number of hydrogen-bond donors (Lipinski definition) is 2. The molecule has 1 atom stereocenters. The molecule has 1 aromatic heterocycles. The summed E-state index contributed by atoms with van der Waals surface area (Å²) in [5.41, 5.74) is 0.0909. The lowest BCUT2D eigenvalue weighted by Gasteiger charge is -2.25. The molecule has 1 aliphatic rings. The fourth-order valence-corrected chi connectivity index (χ4v) is 3.92. The largest absolute Gasteiger partial charge is 0.452 e. The fourth-order valence-electron chi connectivity index (χ4n) is 3.92. The number of benzene rings is 1. The molecule has 0 bridgehead atoms. The summed E-state index contributed by atoms with van der Waals surface area (Å²) in [6.07, 6.45) is -5.13. The number of hydrogen-bond acceptors (Lipinski definition) is 6. The number of Topliss-reactive ketones (excluding diaryl/α,β-unsaturated/α-hetero) is 1. The van der Waals surface area contributed by atoms with Crippen LogP contribution in [0.3, 0.4) is 0 Å². The predicted molar refractivity (Wildman–Crippen MR) is 130 cm³/mol. The van der Waals surface area contributed by atoms with Gasteiger partial charge in [-0.2, -0.15) is 13.2 Å². The molecule has 1 unspecified atom stereocenters. The van der Waals surface area contributed by atoms with Crippen LogP contribution in [0.2, 0.25) is 0 Å². The molecule has 1 saturated heterocycles. The summed E-state index contributed by atoms with van der Waals surface area (Å²) in [5, 5.41) is 4.68. The van der Waals surface area contributed by atoms with Crippen molar-refractivity contribution in [3.8, 4) is 11.3 Å². The molecule has 2 heterocycles. The van der Waals surface area contributed by atoms with Gasteiger partial charge in [0.2, 0.25) is 11.8 Å². The van der Waals surface area contributed by atoms with E-state index in [4.69, 9.17) is 4.74 Å². The number of ether oxygens (including phenoxy) is 1. The fraction of sp³-hybridized carbons (Fsp3) is 0.440. The summed E-state index contributed by atoms with van der Waals surface area (Å²) in [5.74, 6) is -4.30. The Labute approximate surface area is 211 Å². The number of anilines is 1. The number of halogens is 3. The highest BCUT2D eigenvalue weighted by molar-refractivity contribution is 5.93. The quantitative estimate of drug-likeness (QED) is 0.522. The minimum absolute atomic E-state index is 0.0410. The number of alkyl halides is 3. The van der Waals surface area contributed by atoms with E-state index in [1.807, 2.05) is 4.90 Å². The molecule has 200 valence electrons. The Hall–Kier alpha value is -3.51. The molecular weight excluding hydrogens is 493 g/mol. The molecule has 3 rings (SSSR count). The molecule has 1 aromatic carbocycles. The SMILES string of the molecule is CC(C)C(NC(=O)Cn1c(-c2ccccc2)ccc(NC(=O)CN2CCOCC2)c1=O)C(=O)C(F)(F)F. The zero-order valence-electron chi connectivity index (χ0n) is 20.5. The van der Waals surface area contributed by atoms with Crippen LogP contribution in [0.1, 0.15) is 13.8 Å². The van der Waals surface area contributed by atoms with E-state index in [9.17, 15) is 32.3 Å². The minimum atomic E-state index is -5.13. The number of amides is 2. The van der Waals surface area contributed by atoms with Gasteiger partial charge >= 0.3 is 6.18 Å². The molecular formula is C25H29F3N4O5. The third-order valence-corrected chi connectivity index (χ3v) is 5.84. The second kappa shape index (κ2) is 12.2. The predicted octanol–water partition coefficient (Wildman–Crippen LogP) is 2.06. The van der Waals surface area contributed by atoms with Crippen LogP contribution >= 0.6 is 0 Å². The highest BCUT2D eigenvalue weighted by Gasteiger charge is 2.45. The maximum absolute atomic E-state index is 13.3. The van der Waals surface area contributed by atoms with Crippen molar-refractivity contribution >= 4 is 23.3 Å². The van der Waals surface area contributed by atoms with Gasteiger partial charge in [0, 0.05) is 13.1 Å². The van der Waals surface area contributed by atoms with Gasteiger partial charge in [-0.3, -0.25) is 28.6 Å². The molecule has 37 heavy (non-hydrogen) atoms. The summed E-state index contributed by atoms with van der Waals surface area (Å²) in [4.78, 5) is 52.4. The molecule has 0 aliphatic carbocycles. The van der Waals surface area contributed by atoms with Crippen LogP contribution in [0.25, 0.3) is 11.3 Å². The number of ketones is 1. The summed E-state index contributed by atoms with van der Waals surface area (Å²) < 4.78 is 45.4. The maximum atomic E-state index is 13.3. The average Bonchev–Trinajstić information content (AvgIpc) is 2.85. The first kappa shape index (κ1) is 28.1. The Balaban J connectivity index is 1.88. The zero-order valence-corrected chi connectivity index (χ0v) is 20.5. The van der Waals surface area contributed by atoms with Gasteiger partial charge in [-0.05, 0) is 23.6 Å². The van der Waals surface area contributed by atoms with Crippen molar-refractivity contribution in [1.82, 2.24) is 14.8 Å². The van der Waals surface area contributed by atoms with Gasteiger partial charge in [0.05, 0.1) is 31.5 Å². The third-order valence-electron chi connectivity index (χ3n) is 5.84. The first-order valence-corrected chi connectivity index (χ1v) is 11.8. The summed E-state index contributed by atoms with van der Waals surface area (Å²) in [6.45, 7) is 4.26. The topological polar surface area (TPSA) is 110 Å². The van der Waals surface area contributed by atoms with E-state index in [1.54, 1.807) is 30.3 Å². The maximum Gasteiger partial charge on any atom is 0.452 e. The Morgan fingerprint density at radius 3 is 2.22 bits per heavy atom. The number of carbonyl (C=O) groups excluding carboxylic acids is 3. The molecule has 1 fully saturated rings. The van der Waals surface area contributed by atoms with Crippen LogP contribution in [-0.4, -0.2) is 72.1 Å². The van der Waals surface area contributed by atoms with Crippen LogP contribution in [0, 0.1) is 5.92 Å². The van der Waals surface area contributed by atoms with Gasteiger partial charge in [-0.25, -0.2) is 0 Å². The number of carbonyl (C=O) groups is 3. The van der Waals surface area contributed by atoms with Crippen molar-refractivity contribution in [2.75, 3.05) is 38.2 Å². The van der Waals surface area contributed by atoms with Gasteiger partial charge in [-0.1, -0.05) is 44.2 Å². The summed E-state index contributed by atoms with van der Waals surface area (Å²) in [7, 11) is 0. The molecule has 12 heteroatoms. The lowest BCUT2D eigenvalue weighted by molar-refractivity contribution is -0.174. The van der Waals surface area contributed by atoms with Crippen molar-refractivity contribution in [2.24, 2.45) is 5.92 Å². The van der Waals surface area contributed by atoms with Crippen molar-refractivity contribution in [3.05, 3.63) is 52.8 Å². The highest BCUT2D eigenvalue weighted by Crippen LogP contribution is 2.22. The van der Waals surface area contributed by atoms with Crippen molar-refractivity contribution in [1.29, 1.82) is 0 Å². The van der Waals surface area contributed by atoms with E-state index >= 15 is 0 Å². The Kier molecular flexibility index (Phi) is 9.22. The summed E-state index contributed by atoms with van der Waals surface area (Å²) >= 11 is 0. The molecule has 0 spiro atoms. The monoisotopic (exact) mass is 522 g/mol. The number of morpholine rings is 1. The van der Waals surface area contributed by atoms with E-state index in [2.05, 4.69) is 10.6 Å². The second-order valence-corrected chi connectivity index (χ2v) is 8.98. The zero-order chi connectivity index (χ0) is 27.2. The van der Waals surface area contributed by atoms with Gasteiger partial charge in [-0.15, -0.1) is 0 Å². The summed E-state index contributed by atoms with van der Waals surface area (Å²) in [6, 6.07) is 9.75. The smallest absolute Gasteiger partial charge is 0.379 e. The lowest BCUT2D eigenvalue weighted by Crippen LogP contribution is -2.51. The number of nitrogens with one attached hydrogen (secondary N) is 2. The first-order chi connectivity index (χ1) is 17.5. The van der Waals surface area contributed by atoms with E-state index in [0.29, 0.717) is 37.6 Å².